The molecule has 2 saturated heterocycles. The minimum absolute atomic E-state index is 0.404. The van der Waals surface area contributed by atoms with Crippen molar-refractivity contribution in [3.05, 3.63) is 64.7 Å². The van der Waals surface area contributed by atoms with Gasteiger partial charge in [-0.2, -0.15) is 0 Å². The van der Waals surface area contributed by atoms with Crippen molar-refractivity contribution >= 4 is 8.07 Å². The summed E-state index contributed by atoms with van der Waals surface area (Å²) in [6.07, 6.45) is 7.79. The number of fused-ring (bicyclic) bond motifs is 3. The Morgan fingerprint density at radius 1 is 0.943 bits per heavy atom. The van der Waals surface area contributed by atoms with Gasteiger partial charge in [-0.1, -0.05) is 50.2 Å². The number of ether oxygens (including phenoxy) is 1. The first-order chi connectivity index (χ1) is 17.0. The van der Waals surface area contributed by atoms with Gasteiger partial charge in [-0.05, 0) is 92.7 Å². The van der Waals surface area contributed by atoms with Gasteiger partial charge in [0.2, 0.25) is 0 Å². The highest BCUT2D eigenvalue weighted by atomic mass is 28.3. The lowest BCUT2D eigenvalue weighted by Gasteiger charge is -2.38. The summed E-state index contributed by atoms with van der Waals surface area (Å²) in [6, 6.07) is 16.5. The SMILES string of the molecule is C[Si](C)(C)C#Cc1cccc([C@@H]2CN3CCC[C@H]3c3cc(OCCCN4CCCCC4)ccc32)c1. The van der Waals surface area contributed by atoms with Crippen LogP contribution in [0.3, 0.4) is 0 Å². The third kappa shape index (κ3) is 6.20. The van der Waals surface area contributed by atoms with Gasteiger partial charge in [-0.3, -0.25) is 4.90 Å². The zero-order valence-corrected chi connectivity index (χ0v) is 23.0. The minimum Gasteiger partial charge on any atom is -0.494 e. The summed E-state index contributed by atoms with van der Waals surface area (Å²) in [5, 5.41) is 0. The van der Waals surface area contributed by atoms with Gasteiger partial charge in [0.15, 0.2) is 0 Å². The topological polar surface area (TPSA) is 15.7 Å². The molecule has 186 valence electrons. The van der Waals surface area contributed by atoms with E-state index in [2.05, 4.69) is 83.4 Å². The fraction of sp³-hybridized carbons (Fsp3) is 0.548. The van der Waals surface area contributed by atoms with E-state index < -0.39 is 8.07 Å². The van der Waals surface area contributed by atoms with E-state index in [-0.39, 0.29) is 0 Å². The van der Waals surface area contributed by atoms with Crippen LogP contribution in [0.25, 0.3) is 0 Å². The third-order valence-corrected chi connectivity index (χ3v) is 8.66. The van der Waals surface area contributed by atoms with Crippen molar-refractivity contribution in [1.82, 2.24) is 9.80 Å². The Balaban J connectivity index is 1.32. The highest BCUT2D eigenvalue weighted by Crippen LogP contribution is 2.45. The van der Waals surface area contributed by atoms with E-state index in [0.29, 0.717) is 12.0 Å². The molecular weight excluding hydrogens is 444 g/mol. The first-order valence-corrected chi connectivity index (χ1v) is 17.3. The number of likely N-dealkylation sites (tertiary alicyclic amines) is 1. The second kappa shape index (κ2) is 10.9. The number of rotatable bonds is 6. The van der Waals surface area contributed by atoms with Crippen molar-refractivity contribution in [1.29, 1.82) is 0 Å². The molecule has 0 radical (unpaired) electrons. The molecule has 4 heteroatoms. The molecule has 0 unspecified atom stereocenters. The van der Waals surface area contributed by atoms with Crippen LogP contribution in [-0.2, 0) is 0 Å². The van der Waals surface area contributed by atoms with Crippen LogP contribution in [0.5, 0.6) is 5.75 Å². The Bertz CT molecular complexity index is 1070. The zero-order chi connectivity index (χ0) is 24.3. The van der Waals surface area contributed by atoms with Crippen molar-refractivity contribution in [2.45, 2.75) is 70.1 Å². The molecule has 35 heavy (non-hydrogen) atoms. The molecule has 2 atom stereocenters. The standard InChI is InChI=1S/C31H42N2OSi/c1-35(2,3)21-15-25-10-7-11-26(22-25)30-24-33-19-8-12-31(33)29-23-27(13-14-28(29)30)34-20-9-18-32-16-5-4-6-17-32/h7,10-11,13-14,22-23,30-31H,4-6,8-9,12,16-20,24H2,1-3H3/t30-,31-/m0/s1. The molecule has 0 spiro atoms. The van der Waals surface area contributed by atoms with Gasteiger partial charge >= 0.3 is 0 Å². The molecule has 3 heterocycles. The summed E-state index contributed by atoms with van der Waals surface area (Å²) in [5.74, 6) is 4.92. The Hall–Kier alpha value is -2.06. The maximum Gasteiger partial charge on any atom is 0.129 e. The zero-order valence-electron chi connectivity index (χ0n) is 22.0. The summed E-state index contributed by atoms with van der Waals surface area (Å²) >= 11 is 0. The molecule has 3 aliphatic heterocycles. The van der Waals surface area contributed by atoms with Gasteiger partial charge in [0.05, 0.1) is 6.61 Å². The van der Waals surface area contributed by atoms with Gasteiger partial charge < -0.3 is 9.64 Å². The summed E-state index contributed by atoms with van der Waals surface area (Å²) in [5.41, 5.74) is 9.07. The van der Waals surface area contributed by atoms with Crippen LogP contribution in [0.15, 0.2) is 42.5 Å². The van der Waals surface area contributed by atoms with Gasteiger partial charge in [0.25, 0.3) is 0 Å². The average Bonchev–Trinajstić information content (AvgIpc) is 3.34. The highest BCUT2D eigenvalue weighted by molar-refractivity contribution is 6.83. The van der Waals surface area contributed by atoms with E-state index in [1.54, 1.807) is 0 Å². The van der Waals surface area contributed by atoms with Crippen molar-refractivity contribution in [2.75, 3.05) is 39.3 Å². The van der Waals surface area contributed by atoms with E-state index >= 15 is 0 Å². The first-order valence-electron chi connectivity index (χ1n) is 13.8. The highest BCUT2D eigenvalue weighted by Gasteiger charge is 2.36. The molecule has 0 aromatic heterocycles. The van der Waals surface area contributed by atoms with Gasteiger partial charge in [-0.15, -0.1) is 5.54 Å². The van der Waals surface area contributed by atoms with Crippen LogP contribution in [0.2, 0.25) is 19.6 Å². The number of nitrogens with zero attached hydrogens (tertiary/aromatic N) is 2. The molecule has 3 aliphatic rings. The Kier molecular flexibility index (Phi) is 7.67. The lowest BCUT2D eigenvalue weighted by Crippen LogP contribution is -2.34. The van der Waals surface area contributed by atoms with Crippen LogP contribution < -0.4 is 4.74 Å². The van der Waals surface area contributed by atoms with Crippen LogP contribution >= 0.6 is 0 Å². The molecule has 0 N–H and O–H groups in total. The molecule has 0 aliphatic carbocycles. The summed E-state index contributed by atoms with van der Waals surface area (Å²) in [7, 11) is -1.39. The molecule has 2 aromatic rings. The summed E-state index contributed by atoms with van der Waals surface area (Å²) in [4.78, 5) is 5.30. The maximum atomic E-state index is 6.28. The smallest absolute Gasteiger partial charge is 0.129 e. The van der Waals surface area contributed by atoms with Crippen molar-refractivity contribution in [3.63, 3.8) is 0 Å². The molecule has 2 fully saturated rings. The van der Waals surface area contributed by atoms with Crippen LogP contribution in [-0.4, -0.2) is 57.2 Å². The van der Waals surface area contributed by atoms with Crippen molar-refractivity contribution in [3.8, 4) is 17.2 Å². The fourth-order valence-corrected chi connectivity index (χ4v) is 6.54. The largest absolute Gasteiger partial charge is 0.494 e. The summed E-state index contributed by atoms with van der Waals surface area (Å²) in [6.45, 7) is 13.7. The first kappa shape index (κ1) is 24.6. The molecular formula is C31H42N2OSi. The second-order valence-corrected chi connectivity index (χ2v) is 16.5. The average molecular weight is 487 g/mol. The molecule has 0 amide bonds. The lowest BCUT2D eigenvalue weighted by molar-refractivity contribution is 0.204. The van der Waals surface area contributed by atoms with Crippen LogP contribution in [0.1, 0.15) is 72.7 Å². The van der Waals surface area contributed by atoms with E-state index in [0.717, 1.165) is 30.9 Å². The number of hydrogen-bond donors (Lipinski definition) is 0. The molecule has 0 saturated carbocycles. The van der Waals surface area contributed by atoms with E-state index in [1.165, 1.54) is 75.0 Å². The fourth-order valence-electron chi connectivity index (χ4n) is 6.02. The van der Waals surface area contributed by atoms with E-state index in [1.807, 2.05) is 0 Å². The van der Waals surface area contributed by atoms with Crippen molar-refractivity contribution in [2.24, 2.45) is 0 Å². The Morgan fingerprint density at radius 2 is 1.80 bits per heavy atom. The molecule has 0 bridgehead atoms. The minimum atomic E-state index is -1.39. The van der Waals surface area contributed by atoms with Gasteiger partial charge in [0.1, 0.15) is 13.8 Å². The van der Waals surface area contributed by atoms with Crippen LogP contribution in [0, 0.1) is 11.5 Å². The number of benzene rings is 2. The van der Waals surface area contributed by atoms with Crippen molar-refractivity contribution < 1.29 is 4.74 Å². The monoisotopic (exact) mass is 486 g/mol. The third-order valence-electron chi connectivity index (χ3n) is 7.78. The number of piperidine rings is 1. The quantitative estimate of drug-likeness (QED) is 0.265. The Morgan fingerprint density at radius 3 is 2.63 bits per heavy atom. The summed E-state index contributed by atoms with van der Waals surface area (Å²) < 4.78 is 6.28. The number of hydrogen-bond acceptors (Lipinski definition) is 3. The molecule has 2 aromatic carbocycles. The van der Waals surface area contributed by atoms with Gasteiger partial charge in [-0.25, -0.2) is 0 Å². The van der Waals surface area contributed by atoms with Gasteiger partial charge in [0, 0.05) is 30.6 Å². The van der Waals surface area contributed by atoms with Crippen LogP contribution in [0.4, 0.5) is 0 Å². The molecule has 5 rings (SSSR count). The lowest BCUT2D eigenvalue weighted by atomic mass is 9.81. The second-order valence-electron chi connectivity index (χ2n) is 11.7. The molecule has 3 nitrogen and oxygen atoms in total. The normalized spacial score (nSPS) is 22.7. The Labute approximate surface area is 213 Å². The maximum absolute atomic E-state index is 6.28. The van der Waals surface area contributed by atoms with E-state index in [9.17, 15) is 0 Å². The van der Waals surface area contributed by atoms with E-state index in [4.69, 9.17) is 4.74 Å². The predicted octanol–water partition coefficient (Wildman–Crippen LogP) is 6.45. The predicted molar refractivity (Wildman–Crippen MR) is 149 cm³/mol.